The van der Waals surface area contributed by atoms with Gasteiger partial charge in [0.2, 0.25) is 0 Å². The van der Waals surface area contributed by atoms with Crippen molar-refractivity contribution >= 4 is 16.0 Å². The van der Waals surface area contributed by atoms with Crippen LogP contribution in [-0.4, -0.2) is 23.3 Å². The van der Waals surface area contributed by atoms with Crippen molar-refractivity contribution < 1.29 is 22.3 Å². The molecule has 176 valence electrons. The zero-order valence-corrected chi connectivity index (χ0v) is 19.6. The van der Waals surface area contributed by atoms with E-state index >= 15 is 0 Å². The summed E-state index contributed by atoms with van der Waals surface area (Å²) in [7, 11) is -4.06. The predicted octanol–water partition coefficient (Wildman–Crippen LogP) is 4.89. The molecule has 1 aromatic heterocycles. The van der Waals surface area contributed by atoms with Gasteiger partial charge >= 0.3 is 5.97 Å². The van der Waals surface area contributed by atoms with Crippen LogP contribution in [-0.2, 0) is 21.3 Å². The van der Waals surface area contributed by atoms with Gasteiger partial charge in [-0.15, -0.1) is 0 Å². The van der Waals surface area contributed by atoms with Gasteiger partial charge in [0, 0.05) is 12.4 Å². The quantitative estimate of drug-likeness (QED) is 0.220. The van der Waals surface area contributed by atoms with E-state index in [0.717, 1.165) is 9.87 Å². The molecule has 0 amide bonds. The van der Waals surface area contributed by atoms with Crippen molar-refractivity contribution in [2.24, 2.45) is 0 Å². The fraction of sp³-hybridized carbons (Fsp3) is 0.0741. The highest BCUT2D eigenvalue weighted by molar-refractivity contribution is 7.89. The number of nitrogens with zero attached hydrogens (tertiary/aromatic N) is 2. The molecule has 0 aliphatic carbocycles. The molecule has 0 aliphatic rings. The minimum Gasteiger partial charge on any atom is -0.367 e. The second-order valence-electron chi connectivity index (χ2n) is 7.66. The fourth-order valence-electron chi connectivity index (χ4n) is 3.32. The molecule has 6 nitrogen and oxygen atoms in total. The minimum absolute atomic E-state index is 0.0313. The maximum atomic E-state index is 13.3. The molecule has 0 saturated heterocycles. The summed E-state index contributed by atoms with van der Waals surface area (Å²) in [4.78, 5) is 12.8. The Morgan fingerprint density at radius 1 is 0.943 bits per heavy atom. The second-order valence-corrected chi connectivity index (χ2v) is 9.52. The molecule has 8 heteroatoms. The van der Waals surface area contributed by atoms with E-state index in [0.29, 0.717) is 11.3 Å². The smallest absolute Gasteiger partial charge is 0.354 e. The van der Waals surface area contributed by atoms with Gasteiger partial charge in [-0.25, -0.2) is 21.9 Å². The molecule has 4 rings (SSSR count). The molecule has 0 radical (unpaired) electrons. The average Bonchev–Trinajstić information content (AvgIpc) is 3.40. The van der Waals surface area contributed by atoms with Crippen LogP contribution >= 0.6 is 0 Å². The maximum Gasteiger partial charge on any atom is 0.354 e. The second kappa shape index (κ2) is 10.3. The first kappa shape index (κ1) is 23.8. The van der Waals surface area contributed by atoms with Crippen LogP contribution in [0.25, 0.3) is 5.69 Å². The Kier molecular flexibility index (Phi) is 6.99. The van der Waals surface area contributed by atoms with Crippen molar-refractivity contribution in [2.75, 3.05) is 0 Å². The van der Waals surface area contributed by atoms with Crippen LogP contribution in [0.15, 0.2) is 102 Å². The Hall–Kier alpha value is -4.35. The Morgan fingerprint density at radius 2 is 1.60 bits per heavy atom. The number of carbonyl (C=O) groups excluding carboxylic acids is 1. The van der Waals surface area contributed by atoms with Crippen LogP contribution in [0.5, 0.6) is 0 Å². The molecule has 1 heterocycles. The lowest BCUT2D eigenvalue weighted by molar-refractivity contribution is 0.0689. The highest BCUT2D eigenvalue weighted by Crippen LogP contribution is 2.19. The van der Waals surface area contributed by atoms with Crippen LogP contribution in [0.2, 0.25) is 0 Å². The number of hydrogen-bond donors (Lipinski definition) is 0. The van der Waals surface area contributed by atoms with Crippen molar-refractivity contribution in [3.05, 3.63) is 120 Å². The van der Waals surface area contributed by atoms with Gasteiger partial charge in [-0.2, -0.15) is 0 Å². The first-order valence-corrected chi connectivity index (χ1v) is 12.1. The predicted molar refractivity (Wildman–Crippen MR) is 129 cm³/mol. The van der Waals surface area contributed by atoms with Gasteiger partial charge in [-0.3, -0.25) is 0 Å². The Bertz CT molecular complexity index is 1490. The Morgan fingerprint density at radius 3 is 2.29 bits per heavy atom. The molecule has 4 aromatic rings. The topological polar surface area (TPSA) is 68.6 Å². The van der Waals surface area contributed by atoms with Gasteiger partial charge in [0.25, 0.3) is 10.0 Å². The molecule has 3 aromatic carbocycles. The number of ether oxygens (including phenoxy) is 1. The van der Waals surface area contributed by atoms with Crippen molar-refractivity contribution in [1.82, 2.24) is 8.87 Å². The summed E-state index contributed by atoms with van der Waals surface area (Å²) in [5.41, 5.74) is 2.28. The summed E-state index contributed by atoms with van der Waals surface area (Å²) in [6.45, 7) is 1.68. The van der Waals surface area contributed by atoms with Crippen molar-refractivity contribution in [3.8, 4) is 17.8 Å². The molecule has 35 heavy (non-hydrogen) atoms. The van der Waals surface area contributed by atoms with Gasteiger partial charge in [-0.05, 0) is 61.0 Å². The van der Waals surface area contributed by atoms with E-state index in [1.54, 1.807) is 53.4 Å². The molecule has 0 atom stereocenters. The zero-order chi connectivity index (χ0) is 24.8. The number of aryl methyl sites for hydroxylation is 1. The first-order chi connectivity index (χ1) is 16.8. The van der Waals surface area contributed by atoms with E-state index in [4.69, 9.17) is 4.74 Å². The van der Waals surface area contributed by atoms with E-state index in [9.17, 15) is 17.6 Å². The first-order valence-electron chi connectivity index (χ1n) is 10.6. The van der Waals surface area contributed by atoms with Crippen molar-refractivity contribution in [1.29, 1.82) is 0 Å². The third-order valence-electron chi connectivity index (χ3n) is 5.17. The highest BCUT2D eigenvalue weighted by atomic mass is 32.2. The number of para-hydroxylation sites is 1. The summed E-state index contributed by atoms with van der Waals surface area (Å²) >= 11 is 0. The van der Waals surface area contributed by atoms with Crippen LogP contribution in [0.1, 0.15) is 21.5 Å². The van der Waals surface area contributed by atoms with Crippen molar-refractivity contribution in [2.45, 2.75) is 18.4 Å². The lowest BCUT2D eigenvalue weighted by Crippen LogP contribution is -2.26. The molecule has 0 spiro atoms. The molecule has 0 aliphatic heterocycles. The van der Waals surface area contributed by atoms with Gasteiger partial charge in [-0.1, -0.05) is 42.0 Å². The van der Waals surface area contributed by atoms with E-state index in [1.165, 1.54) is 36.4 Å². The molecule has 0 bridgehead atoms. The number of rotatable bonds is 6. The van der Waals surface area contributed by atoms with Crippen LogP contribution in [0.4, 0.5) is 4.39 Å². The van der Waals surface area contributed by atoms with Gasteiger partial charge in [0.05, 0.1) is 28.7 Å². The summed E-state index contributed by atoms with van der Waals surface area (Å²) < 4.78 is 47.6. The Labute approximate surface area is 203 Å². The summed E-state index contributed by atoms with van der Waals surface area (Å²) in [6, 6.07) is 24.6. The molecule has 0 unspecified atom stereocenters. The SMILES string of the molecule is Cc1ccc(S(=O)(=O)N(C#COC(=O)c2ccccc2-n2cccc2)Cc2ccc(F)cc2)cc1. The third-order valence-corrected chi connectivity index (χ3v) is 6.84. The standard InChI is InChI=1S/C27H21FN2O4S/c1-21-8-14-24(15-9-21)35(32,33)30(20-22-10-12-23(28)13-11-22)18-19-34-27(31)25-6-2-3-7-26(25)29-16-4-5-17-29/h2-17H,20H2,1H3. The lowest BCUT2D eigenvalue weighted by atomic mass is 10.2. The van der Waals surface area contributed by atoms with Crippen LogP contribution < -0.4 is 0 Å². The largest absolute Gasteiger partial charge is 0.367 e. The molecule has 0 saturated carbocycles. The fourth-order valence-corrected chi connectivity index (χ4v) is 4.53. The zero-order valence-electron chi connectivity index (χ0n) is 18.8. The number of esters is 1. The number of halogens is 1. The van der Waals surface area contributed by atoms with Gasteiger partial charge in [0.15, 0.2) is 0 Å². The van der Waals surface area contributed by atoms with E-state index in [-0.39, 0.29) is 17.0 Å². The number of hydrogen-bond acceptors (Lipinski definition) is 4. The van der Waals surface area contributed by atoms with Crippen molar-refractivity contribution in [3.63, 3.8) is 0 Å². The molecule has 0 N–H and O–H groups in total. The number of aromatic nitrogens is 1. The number of sulfonamides is 1. The van der Waals surface area contributed by atoms with E-state index in [1.807, 2.05) is 19.1 Å². The maximum absolute atomic E-state index is 13.3. The number of benzene rings is 3. The van der Waals surface area contributed by atoms with Crippen LogP contribution in [0.3, 0.4) is 0 Å². The molecular formula is C27H21FN2O4S. The molecular weight excluding hydrogens is 467 g/mol. The van der Waals surface area contributed by atoms with E-state index < -0.39 is 21.8 Å². The lowest BCUT2D eigenvalue weighted by Gasteiger charge is -2.18. The normalized spacial score (nSPS) is 10.8. The Balaban J connectivity index is 1.62. The monoisotopic (exact) mass is 488 g/mol. The van der Waals surface area contributed by atoms with Crippen LogP contribution in [0, 0.1) is 24.9 Å². The molecule has 0 fully saturated rings. The third kappa shape index (κ3) is 5.60. The average molecular weight is 489 g/mol. The van der Waals surface area contributed by atoms with Gasteiger partial charge < -0.3 is 9.30 Å². The summed E-state index contributed by atoms with van der Waals surface area (Å²) in [5.74, 6) is -1.17. The summed E-state index contributed by atoms with van der Waals surface area (Å²) in [6.07, 6.45) is 5.82. The minimum atomic E-state index is -4.06. The summed E-state index contributed by atoms with van der Waals surface area (Å²) in [5, 5.41) is 0. The highest BCUT2D eigenvalue weighted by Gasteiger charge is 2.23. The number of carbonyl (C=O) groups is 1. The van der Waals surface area contributed by atoms with Gasteiger partial charge in [0.1, 0.15) is 11.9 Å². The van der Waals surface area contributed by atoms with E-state index in [2.05, 4.69) is 12.2 Å².